The number of benzene rings is 1. The summed E-state index contributed by atoms with van der Waals surface area (Å²) in [4.78, 5) is 19.8. The Morgan fingerprint density at radius 3 is 3.04 bits per heavy atom. The highest BCUT2D eigenvalue weighted by Crippen LogP contribution is 2.22. The van der Waals surface area contributed by atoms with Crippen LogP contribution >= 0.6 is 11.8 Å². The lowest BCUT2D eigenvalue weighted by molar-refractivity contribution is 0.0950. The number of nitrogens with zero attached hydrogens (tertiary/aromatic N) is 1. The first-order chi connectivity index (χ1) is 12.3. The minimum Gasteiger partial charge on any atom is -0.473 e. The number of amides is 1. The standard InChI is InChI=1S/C19H19N3O2S/c23-19(22-11-14-10-20-17-4-2-1-3-16(14)17)13-5-6-18(21-9-13)24-15-7-8-25-12-15/h1-6,9-10,15,20H,7-8,11-12H2,(H,22,23). The molecule has 1 aliphatic heterocycles. The molecule has 3 heterocycles. The van der Waals surface area contributed by atoms with E-state index < -0.39 is 0 Å². The van der Waals surface area contributed by atoms with Crippen molar-refractivity contribution in [2.24, 2.45) is 0 Å². The Morgan fingerprint density at radius 2 is 2.24 bits per heavy atom. The lowest BCUT2D eigenvalue weighted by Gasteiger charge is -2.11. The molecule has 4 rings (SSSR count). The van der Waals surface area contributed by atoms with Gasteiger partial charge in [0, 0.05) is 41.7 Å². The summed E-state index contributed by atoms with van der Waals surface area (Å²) in [5.41, 5.74) is 2.67. The summed E-state index contributed by atoms with van der Waals surface area (Å²) in [6.45, 7) is 0.473. The molecule has 0 saturated carbocycles. The van der Waals surface area contributed by atoms with Gasteiger partial charge in [-0.2, -0.15) is 11.8 Å². The maximum absolute atomic E-state index is 12.3. The molecule has 1 aromatic carbocycles. The number of ether oxygens (including phenoxy) is 1. The average molecular weight is 353 g/mol. The number of nitrogens with one attached hydrogen (secondary N) is 2. The van der Waals surface area contributed by atoms with E-state index in [-0.39, 0.29) is 12.0 Å². The highest BCUT2D eigenvalue weighted by atomic mass is 32.2. The first-order valence-corrected chi connectivity index (χ1v) is 9.49. The number of carbonyl (C=O) groups excluding carboxylic acids is 1. The SMILES string of the molecule is O=C(NCc1c[nH]c2ccccc12)c1ccc(OC2CCSC2)nc1. The van der Waals surface area contributed by atoms with Gasteiger partial charge in [0.05, 0.1) is 5.56 Å². The monoisotopic (exact) mass is 353 g/mol. The van der Waals surface area contributed by atoms with E-state index in [0.29, 0.717) is 18.0 Å². The number of hydrogen-bond acceptors (Lipinski definition) is 4. The first-order valence-electron chi connectivity index (χ1n) is 8.33. The van der Waals surface area contributed by atoms with Crippen LogP contribution in [0.5, 0.6) is 5.88 Å². The second-order valence-electron chi connectivity index (χ2n) is 6.03. The predicted molar refractivity (Wildman–Crippen MR) is 100 cm³/mol. The molecular weight excluding hydrogens is 334 g/mol. The topological polar surface area (TPSA) is 67.0 Å². The number of hydrogen-bond donors (Lipinski definition) is 2. The van der Waals surface area contributed by atoms with Gasteiger partial charge in [-0.3, -0.25) is 4.79 Å². The normalized spacial score (nSPS) is 16.9. The fourth-order valence-electron chi connectivity index (χ4n) is 2.92. The van der Waals surface area contributed by atoms with Gasteiger partial charge in [-0.25, -0.2) is 4.98 Å². The van der Waals surface area contributed by atoms with Gasteiger partial charge in [0.15, 0.2) is 0 Å². The van der Waals surface area contributed by atoms with E-state index in [0.717, 1.165) is 34.4 Å². The molecular formula is C19H19N3O2S. The van der Waals surface area contributed by atoms with Crippen LogP contribution in [0, 0.1) is 0 Å². The summed E-state index contributed by atoms with van der Waals surface area (Å²) in [7, 11) is 0. The molecule has 1 fully saturated rings. The van der Waals surface area contributed by atoms with Crippen molar-refractivity contribution in [3.8, 4) is 5.88 Å². The van der Waals surface area contributed by atoms with Gasteiger partial charge in [-0.15, -0.1) is 0 Å². The van der Waals surface area contributed by atoms with E-state index >= 15 is 0 Å². The summed E-state index contributed by atoms with van der Waals surface area (Å²) in [6.07, 6.45) is 4.79. The number of thioether (sulfide) groups is 1. The van der Waals surface area contributed by atoms with Gasteiger partial charge in [-0.1, -0.05) is 18.2 Å². The number of carbonyl (C=O) groups is 1. The first kappa shape index (κ1) is 16.0. The van der Waals surface area contributed by atoms with Crippen molar-refractivity contribution in [2.45, 2.75) is 19.1 Å². The molecule has 2 N–H and O–H groups in total. The minimum atomic E-state index is -0.138. The van der Waals surface area contributed by atoms with Crippen LogP contribution in [0.3, 0.4) is 0 Å². The highest BCUT2D eigenvalue weighted by Gasteiger charge is 2.17. The van der Waals surface area contributed by atoms with Crippen molar-refractivity contribution in [1.29, 1.82) is 0 Å². The van der Waals surface area contributed by atoms with Crippen molar-refractivity contribution in [3.63, 3.8) is 0 Å². The summed E-state index contributed by atoms with van der Waals surface area (Å²) < 4.78 is 5.81. The van der Waals surface area contributed by atoms with Crippen LogP contribution < -0.4 is 10.1 Å². The minimum absolute atomic E-state index is 0.138. The summed E-state index contributed by atoms with van der Waals surface area (Å²) in [5, 5.41) is 4.07. The number of aromatic nitrogens is 2. The molecule has 0 radical (unpaired) electrons. The van der Waals surface area contributed by atoms with E-state index in [4.69, 9.17) is 4.74 Å². The highest BCUT2D eigenvalue weighted by molar-refractivity contribution is 7.99. The summed E-state index contributed by atoms with van der Waals surface area (Å²) >= 11 is 1.90. The van der Waals surface area contributed by atoms with Crippen LogP contribution in [0.15, 0.2) is 48.8 Å². The Balaban J connectivity index is 1.37. The molecule has 1 amide bonds. The second-order valence-corrected chi connectivity index (χ2v) is 7.18. The number of para-hydroxylation sites is 1. The van der Waals surface area contributed by atoms with Crippen LogP contribution in [0.25, 0.3) is 10.9 Å². The maximum Gasteiger partial charge on any atom is 0.253 e. The van der Waals surface area contributed by atoms with Gasteiger partial charge < -0.3 is 15.0 Å². The third-order valence-electron chi connectivity index (χ3n) is 4.29. The molecule has 5 nitrogen and oxygen atoms in total. The number of H-pyrrole nitrogens is 1. The molecule has 1 atom stereocenters. The molecule has 0 bridgehead atoms. The van der Waals surface area contributed by atoms with Crippen molar-refractivity contribution >= 4 is 28.6 Å². The lowest BCUT2D eigenvalue weighted by Crippen LogP contribution is -2.23. The molecule has 128 valence electrons. The molecule has 0 aliphatic carbocycles. The average Bonchev–Trinajstić information content (AvgIpc) is 3.30. The smallest absolute Gasteiger partial charge is 0.253 e. The molecule has 1 aliphatic rings. The van der Waals surface area contributed by atoms with Crippen LogP contribution in [-0.2, 0) is 6.54 Å². The fourth-order valence-corrected chi connectivity index (χ4v) is 4.01. The largest absolute Gasteiger partial charge is 0.473 e. The Hall–Kier alpha value is -2.47. The Morgan fingerprint density at radius 1 is 1.32 bits per heavy atom. The van der Waals surface area contributed by atoms with E-state index in [1.807, 2.05) is 42.2 Å². The Labute approximate surface area is 150 Å². The fraction of sp³-hybridized carbons (Fsp3) is 0.263. The number of aromatic amines is 1. The molecule has 3 aromatic rings. The van der Waals surface area contributed by atoms with Gasteiger partial charge in [0.2, 0.25) is 5.88 Å². The second kappa shape index (κ2) is 7.19. The van der Waals surface area contributed by atoms with Crippen LogP contribution in [0.1, 0.15) is 22.3 Å². The van der Waals surface area contributed by atoms with Crippen LogP contribution in [0.2, 0.25) is 0 Å². The van der Waals surface area contributed by atoms with Gasteiger partial charge in [0.25, 0.3) is 5.91 Å². The molecule has 1 saturated heterocycles. The number of rotatable bonds is 5. The third-order valence-corrected chi connectivity index (χ3v) is 5.42. The van der Waals surface area contributed by atoms with E-state index in [1.54, 1.807) is 18.3 Å². The zero-order chi connectivity index (χ0) is 17.1. The molecule has 25 heavy (non-hydrogen) atoms. The van der Waals surface area contributed by atoms with E-state index in [1.165, 1.54) is 0 Å². The summed E-state index contributed by atoms with van der Waals surface area (Å²) in [6, 6.07) is 11.6. The zero-order valence-electron chi connectivity index (χ0n) is 13.7. The maximum atomic E-state index is 12.3. The molecule has 2 aromatic heterocycles. The molecule has 0 spiro atoms. The zero-order valence-corrected chi connectivity index (χ0v) is 14.5. The quantitative estimate of drug-likeness (QED) is 0.738. The number of fused-ring (bicyclic) bond motifs is 1. The van der Waals surface area contributed by atoms with Crippen molar-refractivity contribution in [1.82, 2.24) is 15.3 Å². The van der Waals surface area contributed by atoms with Gasteiger partial charge in [0.1, 0.15) is 6.10 Å². The third kappa shape index (κ3) is 3.64. The predicted octanol–water partition coefficient (Wildman–Crippen LogP) is 3.38. The van der Waals surface area contributed by atoms with Crippen LogP contribution in [0.4, 0.5) is 0 Å². The van der Waals surface area contributed by atoms with Crippen molar-refractivity contribution in [3.05, 3.63) is 59.9 Å². The van der Waals surface area contributed by atoms with E-state index in [9.17, 15) is 4.79 Å². The molecule has 1 unspecified atom stereocenters. The molecule has 6 heteroatoms. The Bertz CT molecular complexity index is 870. The van der Waals surface area contributed by atoms with Gasteiger partial charge in [-0.05, 0) is 29.9 Å². The van der Waals surface area contributed by atoms with Crippen molar-refractivity contribution < 1.29 is 9.53 Å². The van der Waals surface area contributed by atoms with Crippen molar-refractivity contribution in [2.75, 3.05) is 11.5 Å². The van der Waals surface area contributed by atoms with Crippen LogP contribution in [-0.4, -0.2) is 33.5 Å². The van der Waals surface area contributed by atoms with E-state index in [2.05, 4.69) is 15.3 Å². The Kier molecular flexibility index (Phi) is 4.61. The van der Waals surface area contributed by atoms with Gasteiger partial charge >= 0.3 is 0 Å². The number of pyridine rings is 1. The summed E-state index contributed by atoms with van der Waals surface area (Å²) in [5.74, 6) is 2.59. The lowest BCUT2D eigenvalue weighted by atomic mass is 10.1.